The second-order valence-electron chi connectivity index (χ2n) is 6.88. The Bertz CT molecular complexity index is 578. The van der Waals surface area contributed by atoms with Gasteiger partial charge in [-0.3, -0.25) is 0 Å². The molecule has 0 spiro atoms. The number of anilines is 2. The highest BCUT2D eigenvalue weighted by atomic mass is 16.5. The lowest BCUT2D eigenvalue weighted by atomic mass is 9.82. The summed E-state index contributed by atoms with van der Waals surface area (Å²) in [4.78, 5) is 13.9. The molecule has 1 N–H and O–H groups in total. The van der Waals surface area contributed by atoms with Crippen LogP contribution in [0.3, 0.4) is 0 Å². The fourth-order valence-corrected chi connectivity index (χ4v) is 3.83. The molecule has 3 aliphatic heterocycles. The van der Waals surface area contributed by atoms with E-state index < -0.39 is 0 Å². The number of rotatable bonds is 3. The smallest absolute Gasteiger partial charge is 0.227 e. The minimum atomic E-state index is -0.127. The van der Waals surface area contributed by atoms with E-state index in [1.807, 2.05) is 13.0 Å². The zero-order chi connectivity index (χ0) is 15.9. The van der Waals surface area contributed by atoms with Crippen molar-refractivity contribution in [2.24, 2.45) is 11.3 Å². The average molecular weight is 320 g/mol. The third-order valence-corrected chi connectivity index (χ3v) is 5.28. The van der Waals surface area contributed by atoms with Gasteiger partial charge in [-0.15, -0.1) is 0 Å². The van der Waals surface area contributed by atoms with E-state index in [0.717, 1.165) is 63.5 Å². The third kappa shape index (κ3) is 2.66. The number of morpholine rings is 1. The Labute approximate surface area is 136 Å². The van der Waals surface area contributed by atoms with Crippen LogP contribution in [0, 0.1) is 18.3 Å². The van der Waals surface area contributed by atoms with Crippen LogP contribution in [0.15, 0.2) is 6.07 Å². The summed E-state index contributed by atoms with van der Waals surface area (Å²) in [6, 6.07) is 2.04. The Kier molecular flexibility index (Phi) is 3.87. The molecule has 4 rings (SSSR count). The predicted octanol–water partition coefficient (Wildman–Crippen LogP) is 0.0667. The van der Waals surface area contributed by atoms with Crippen molar-refractivity contribution in [3.8, 4) is 0 Å². The Morgan fingerprint density at radius 2 is 2.09 bits per heavy atom. The zero-order valence-electron chi connectivity index (χ0n) is 13.6. The molecule has 0 unspecified atom stereocenters. The fraction of sp³-hybridized carbons (Fsp3) is 0.750. The summed E-state index contributed by atoms with van der Waals surface area (Å²) in [6.45, 7) is 8.37. The normalized spacial score (nSPS) is 30.8. The molecule has 0 saturated carbocycles. The van der Waals surface area contributed by atoms with Gasteiger partial charge in [-0.25, -0.2) is 4.98 Å². The van der Waals surface area contributed by atoms with Crippen LogP contribution in [0.1, 0.15) is 5.69 Å². The van der Waals surface area contributed by atoms with Gasteiger partial charge in [0.05, 0.1) is 33.0 Å². The van der Waals surface area contributed by atoms with Crippen molar-refractivity contribution in [3.63, 3.8) is 0 Å². The quantitative estimate of drug-likeness (QED) is 0.845. The molecule has 23 heavy (non-hydrogen) atoms. The first-order valence-electron chi connectivity index (χ1n) is 8.32. The predicted molar refractivity (Wildman–Crippen MR) is 85.8 cm³/mol. The largest absolute Gasteiger partial charge is 0.396 e. The van der Waals surface area contributed by atoms with Crippen LogP contribution in [0.25, 0.3) is 0 Å². The van der Waals surface area contributed by atoms with Gasteiger partial charge >= 0.3 is 0 Å². The minimum absolute atomic E-state index is 0.127. The number of aliphatic hydroxyl groups excluding tert-OH is 1. The first-order chi connectivity index (χ1) is 11.2. The van der Waals surface area contributed by atoms with E-state index in [-0.39, 0.29) is 12.0 Å². The number of nitrogens with zero attached hydrogens (tertiary/aromatic N) is 4. The number of hydrogen-bond donors (Lipinski definition) is 1. The standard InChI is InChI=1S/C16H24N4O3/c1-12-6-14(18-15(17-12)19-2-4-22-5-3-19)20-7-13-8-23-11-16(13,9-20)10-21/h6,13,21H,2-5,7-11H2,1H3/t13-,16-/m0/s1. The summed E-state index contributed by atoms with van der Waals surface area (Å²) in [5.74, 6) is 2.13. The summed E-state index contributed by atoms with van der Waals surface area (Å²) in [5, 5.41) is 9.84. The number of aryl methyl sites for hydroxylation is 1. The summed E-state index contributed by atoms with van der Waals surface area (Å²) < 4.78 is 11.0. The van der Waals surface area contributed by atoms with E-state index in [1.54, 1.807) is 0 Å². The topological polar surface area (TPSA) is 71.0 Å². The van der Waals surface area contributed by atoms with Crippen molar-refractivity contribution in [1.82, 2.24) is 9.97 Å². The highest BCUT2D eigenvalue weighted by Gasteiger charge is 2.50. The maximum absolute atomic E-state index is 9.84. The van der Waals surface area contributed by atoms with Crippen molar-refractivity contribution >= 4 is 11.8 Å². The van der Waals surface area contributed by atoms with Crippen LogP contribution in [0.5, 0.6) is 0 Å². The van der Waals surface area contributed by atoms with Gasteiger partial charge in [0.25, 0.3) is 0 Å². The van der Waals surface area contributed by atoms with Gasteiger partial charge in [0.1, 0.15) is 5.82 Å². The van der Waals surface area contributed by atoms with E-state index in [1.165, 1.54) is 0 Å². The minimum Gasteiger partial charge on any atom is -0.396 e. The van der Waals surface area contributed by atoms with Crippen molar-refractivity contribution in [2.45, 2.75) is 6.92 Å². The Hall–Kier alpha value is -1.44. The maximum Gasteiger partial charge on any atom is 0.227 e. The van der Waals surface area contributed by atoms with Gasteiger partial charge in [-0.05, 0) is 6.92 Å². The van der Waals surface area contributed by atoms with Crippen LogP contribution in [-0.2, 0) is 9.47 Å². The van der Waals surface area contributed by atoms with Gasteiger partial charge in [0.15, 0.2) is 0 Å². The van der Waals surface area contributed by atoms with Crippen molar-refractivity contribution < 1.29 is 14.6 Å². The van der Waals surface area contributed by atoms with Crippen LogP contribution < -0.4 is 9.80 Å². The van der Waals surface area contributed by atoms with Crippen molar-refractivity contribution in [2.75, 3.05) is 69.0 Å². The molecule has 0 aliphatic carbocycles. The number of hydrogen-bond acceptors (Lipinski definition) is 7. The second kappa shape index (κ2) is 5.89. The molecule has 1 aromatic heterocycles. The molecule has 0 amide bonds. The Balaban J connectivity index is 1.58. The molecule has 1 aromatic rings. The molecule has 126 valence electrons. The molecule has 2 atom stereocenters. The third-order valence-electron chi connectivity index (χ3n) is 5.28. The SMILES string of the molecule is Cc1cc(N2C[C@H]3COC[C@@]3(CO)C2)nc(N2CCOCC2)n1. The molecule has 3 saturated heterocycles. The summed E-state index contributed by atoms with van der Waals surface area (Å²) in [5.41, 5.74) is 0.848. The first kappa shape index (κ1) is 15.1. The number of ether oxygens (including phenoxy) is 2. The molecule has 0 bridgehead atoms. The number of fused-ring (bicyclic) bond motifs is 1. The van der Waals surface area contributed by atoms with E-state index in [9.17, 15) is 5.11 Å². The molecule has 3 aliphatic rings. The lowest BCUT2D eigenvalue weighted by molar-refractivity contribution is 0.0989. The van der Waals surface area contributed by atoms with Crippen molar-refractivity contribution in [3.05, 3.63) is 11.8 Å². The molecule has 7 heteroatoms. The number of aliphatic hydroxyl groups is 1. The van der Waals surface area contributed by atoms with E-state index in [2.05, 4.69) is 14.8 Å². The lowest BCUT2D eigenvalue weighted by Crippen LogP contribution is -2.38. The lowest BCUT2D eigenvalue weighted by Gasteiger charge is -2.29. The van der Waals surface area contributed by atoms with Crippen LogP contribution in [0.4, 0.5) is 11.8 Å². The van der Waals surface area contributed by atoms with Crippen LogP contribution >= 0.6 is 0 Å². The van der Waals surface area contributed by atoms with E-state index in [4.69, 9.17) is 14.5 Å². The molecule has 3 fully saturated rings. The molecule has 0 radical (unpaired) electrons. The van der Waals surface area contributed by atoms with Gasteiger partial charge in [-0.1, -0.05) is 0 Å². The molecule has 7 nitrogen and oxygen atoms in total. The average Bonchev–Trinajstić information content (AvgIpc) is 3.12. The van der Waals surface area contributed by atoms with Gasteiger partial charge in [0.2, 0.25) is 5.95 Å². The van der Waals surface area contributed by atoms with Crippen LogP contribution in [0.2, 0.25) is 0 Å². The monoisotopic (exact) mass is 320 g/mol. The fourth-order valence-electron chi connectivity index (χ4n) is 3.83. The Morgan fingerprint density at radius 3 is 2.83 bits per heavy atom. The summed E-state index contributed by atoms with van der Waals surface area (Å²) >= 11 is 0. The highest BCUT2D eigenvalue weighted by Crippen LogP contribution is 2.42. The Morgan fingerprint density at radius 1 is 1.26 bits per heavy atom. The van der Waals surface area contributed by atoms with Gasteiger partial charge in [-0.2, -0.15) is 4.98 Å². The van der Waals surface area contributed by atoms with E-state index >= 15 is 0 Å². The zero-order valence-corrected chi connectivity index (χ0v) is 13.6. The van der Waals surface area contributed by atoms with Crippen LogP contribution in [-0.4, -0.2) is 74.3 Å². The first-order valence-corrected chi connectivity index (χ1v) is 8.32. The highest BCUT2D eigenvalue weighted by molar-refractivity contribution is 5.48. The molecular weight excluding hydrogens is 296 g/mol. The summed E-state index contributed by atoms with van der Waals surface area (Å²) in [6.07, 6.45) is 0. The molecular formula is C16H24N4O3. The summed E-state index contributed by atoms with van der Waals surface area (Å²) in [7, 11) is 0. The maximum atomic E-state index is 9.84. The van der Waals surface area contributed by atoms with Crippen molar-refractivity contribution in [1.29, 1.82) is 0 Å². The second-order valence-corrected chi connectivity index (χ2v) is 6.88. The van der Waals surface area contributed by atoms with Gasteiger partial charge in [0, 0.05) is 49.3 Å². The number of aromatic nitrogens is 2. The molecule has 0 aromatic carbocycles. The van der Waals surface area contributed by atoms with Gasteiger partial charge < -0.3 is 24.4 Å². The molecule has 4 heterocycles. The van der Waals surface area contributed by atoms with E-state index in [0.29, 0.717) is 12.5 Å².